The first kappa shape index (κ1) is 24.6. The Balaban J connectivity index is 1.53. The number of benzene rings is 3. The van der Waals surface area contributed by atoms with Crippen molar-refractivity contribution < 1.29 is 22.3 Å². The van der Waals surface area contributed by atoms with Crippen LogP contribution in [0.5, 0.6) is 5.75 Å². The van der Waals surface area contributed by atoms with Crippen molar-refractivity contribution >= 4 is 33.4 Å². The number of carbonyl (C=O) groups is 1. The lowest BCUT2D eigenvalue weighted by molar-refractivity contribution is 0.0956. The van der Waals surface area contributed by atoms with E-state index in [4.69, 9.17) is 4.74 Å². The predicted octanol–water partition coefficient (Wildman–Crippen LogP) is 4.32. The smallest absolute Gasteiger partial charge is 0.264 e. The van der Waals surface area contributed by atoms with Crippen LogP contribution in [0.2, 0.25) is 0 Å². The molecular weight excluding hydrogens is 463 g/mol. The van der Waals surface area contributed by atoms with Crippen molar-refractivity contribution in [2.24, 2.45) is 0 Å². The van der Waals surface area contributed by atoms with E-state index in [2.05, 4.69) is 5.32 Å². The maximum absolute atomic E-state index is 13.6. The second kappa shape index (κ2) is 11.2. The first-order valence-electron chi connectivity index (χ1n) is 10.2. The monoisotopic (exact) mass is 488 g/mol. The number of carbonyl (C=O) groups excluding carboxylic acids is 1. The Kier molecular flexibility index (Phi) is 8.35. The molecule has 3 aromatic carbocycles. The molecule has 0 fully saturated rings. The van der Waals surface area contributed by atoms with Crippen LogP contribution in [0.3, 0.4) is 0 Å². The summed E-state index contributed by atoms with van der Waals surface area (Å²) in [5.74, 6) is 1.26. The molecule has 33 heavy (non-hydrogen) atoms. The standard InChI is InChI=1S/C24H25FN2O4S2/c1-27(33(29,30)22-13-11-21(31-2)12-14-22)20-9-7-18(8-10-20)24(28)26-15-16-32-17-19-5-3-4-6-23(19)25/h3-14H,15-17H2,1-2H3,(H,26,28). The van der Waals surface area contributed by atoms with Gasteiger partial charge in [-0.3, -0.25) is 9.10 Å². The van der Waals surface area contributed by atoms with E-state index in [1.165, 1.54) is 44.1 Å². The minimum atomic E-state index is -3.75. The topological polar surface area (TPSA) is 75.7 Å². The van der Waals surface area contributed by atoms with Crippen molar-refractivity contribution in [3.63, 3.8) is 0 Å². The summed E-state index contributed by atoms with van der Waals surface area (Å²) in [6.45, 7) is 0.436. The van der Waals surface area contributed by atoms with Gasteiger partial charge in [-0.15, -0.1) is 0 Å². The van der Waals surface area contributed by atoms with Crippen molar-refractivity contribution in [2.45, 2.75) is 10.6 Å². The van der Waals surface area contributed by atoms with Crippen molar-refractivity contribution in [1.82, 2.24) is 5.32 Å². The Morgan fingerprint density at radius 2 is 1.70 bits per heavy atom. The molecule has 0 radical (unpaired) electrons. The highest BCUT2D eigenvalue weighted by Gasteiger charge is 2.21. The number of rotatable bonds is 10. The highest BCUT2D eigenvalue weighted by Crippen LogP contribution is 2.24. The lowest BCUT2D eigenvalue weighted by Gasteiger charge is -2.20. The number of nitrogens with one attached hydrogen (secondary N) is 1. The van der Waals surface area contributed by atoms with Gasteiger partial charge in [0.1, 0.15) is 11.6 Å². The molecule has 6 nitrogen and oxygen atoms in total. The third kappa shape index (κ3) is 6.27. The van der Waals surface area contributed by atoms with Crippen LogP contribution in [0.4, 0.5) is 10.1 Å². The van der Waals surface area contributed by atoms with Crippen molar-refractivity contribution in [2.75, 3.05) is 30.8 Å². The van der Waals surface area contributed by atoms with Gasteiger partial charge in [0, 0.05) is 30.7 Å². The zero-order valence-corrected chi connectivity index (χ0v) is 20.0. The number of ether oxygens (including phenoxy) is 1. The second-order valence-corrected chi connectivity index (χ2v) is 10.2. The number of halogens is 1. The molecule has 0 saturated heterocycles. The van der Waals surface area contributed by atoms with Crippen LogP contribution in [0.15, 0.2) is 77.7 Å². The largest absolute Gasteiger partial charge is 0.497 e. The number of thioether (sulfide) groups is 1. The second-order valence-electron chi connectivity index (χ2n) is 7.09. The van der Waals surface area contributed by atoms with Gasteiger partial charge in [-0.1, -0.05) is 18.2 Å². The summed E-state index contributed by atoms with van der Waals surface area (Å²) in [5, 5.41) is 2.82. The third-order valence-electron chi connectivity index (χ3n) is 4.96. The van der Waals surface area contributed by atoms with Gasteiger partial charge in [-0.05, 0) is 60.2 Å². The molecule has 0 unspecified atom stereocenters. The minimum Gasteiger partial charge on any atom is -0.497 e. The highest BCUT2D eigenvalue weighted by molar-refractivity contribution is 7.98. The van der Waals surface area contributed by atoms with Gasteiger partial charge in [-0.25, -0.2) is 12.8 Å². The zero-order valence-electron chi connectivity index (χ0n) is 18.3. The van der Waals surface area contributed by atoms with E-state index in [1.807, 2.05) is 0 Å². The van der Waals surface area contributed by atoms with Crippen LogP contribution >= 0.6 is 11.8 Å². The van der Waals surface area contributed by atoms with Crippen molar-refractivity contribution in [1.29, 1.82) is 0 Å². The number of amides is 1. The molecule has 0 aromatic heterocycles. The molecule has 0 aliphatic carbocycles. The van der Waals surface area contributed by atoms with Gasteiger partial charge < -0.3 is 10.1 Å². The molecule has 0 atom stereocenters. The van der Waals surface area contributed by atoms with E-state index < -0.39 is 10.0 Å². The summed E-state index contributed by atoms with van der Waals surface area (Å²) in [6, 6.07) is 19.1. The normalized spacial score (nSPS) is 11.1. The van der Waals surface area contributed by atoms with Crippen LogP contribution < -0.4 is 14.4 Å². The van der Waals surface area contributed by atoms with E-state index in [-0.39, 0.29) is 16.6 Å². The molecule has 1 amide bonds. The Morgan fingerprint density at radius 1 is 1.03 bits per heavy atom. The van der Waals surface area contributed by atoms with Crippen LogP contribution in [0.1, 0.15) is 15.9 Å². The fraction of sp³-hybridized carbons (Fsp3) is 0.208. The lowest BCUT2D eigenvalue weighted by atomic mass is 10.2. The number of methoxy groups -OCH3 is 1. The summed E-state index contributed by atoms with van der Waals surface area (Å²) in [5.41, 5.74) is 1.49. The van der Waals surface area contributed by atoms with Crippen LogP contribution in [-0.2, 0) is 15.8 Å². The number of hydrogen-bond acceptors (Lipinski definition) is 5. The number of sulfonamides is 1. The molecule has 3 aromatic rings. The molecule has 0 heterocycles. The number of nitrogens with zero attached hydrogens (tertiary/aromatic N) is 1. The Morgan fingerprint density at radius 3 is 2.33 bits per heavy atom. The molecule has 9 heteroatoms. The maximum atomic E-state index is 13.6. The van der Waals surface area contributed by atoms with Crippen LogP contribution in [0, 0.1) is 5.82 Å². The van der Waals surface area contributed by atoms with E-state index in [9.17, 15) is 17.6 Å². The zero-order chi connectivity index (χ0) is 23.8. The molecule has 0 aliphatic heterocycles. The lowest BCUT2D eigenvalue weighted by Crippen LogP contribution is -2.27. The Bertz CT molecular complexity index is 1180. The summed E-state index contributed by atoms with van der Waals surface area (Å²) in [7, 11) is -0.777. The van der Waals surface area contributed by atoms with Crippen LogP contribution in [0.25, 0.3) is 0 Å². The summed E-state index contributed by atoms with van der Waals surface area (Å²) in [6.07, 6.45) is 0. The molecule has 0 aliphatic rings. The Hall–Kier alpha value is -3.04. The maximum Gasteiger partial charge on any atom is 0.264 e. The van der Waals surface area contributed by atoms with Gasteiger partial charge in [0.15, 0.2) is 0 Å². The first-order valence-corrected chi connectivity index (χ1v) is 12.7. The van der Waals surface area contributed by atoms with Gasteiger partial charge in [0.05, 0.1) is 17.7 Å². The predicted molar refractivity (Wildman–Crippen MR) is 130 cm³/mol. The molecular formula is C24H25FN2O4S2. The number of anilines is 1. The molecule has 0 spiro atoms. The highest BCUT2D eigenvalue weighted by atomic mass is 32.2. The minimum absolute atomic E-state index is 0.139. The molecule has 1 N–H and O–H groups in total. The van der Waals surface area contributed by atoms with Gasteiger partial charge in [-0.2, -0.15) is 11.8 Å². The fourth-order valence-electron chi connectivity index (χ4n) is 3.00. The average molecular weight is 489 g/mol. The molecule has 3 rings (SSSR count). The van der Waals surface area contributed by atoms with Gasteiger partial charge in [0.25, 0.3) is 15.9 Å². The van der Waals surface area contributed by atoms with Gasteiger partial charge >= 0.3 is 0 Å². The first-order chi connectivity index (χ1) is 15.8. The molecule has 0 bridgehead atoms. The van der Waals surface area contributed by atoms with Gasteiger partial charge in [0.2, 0.25) is 0 Å². The quantitative estimate of drug-likeness (QED) is 0.430. The van der Waals surface area contributed by atoms with E-state index in [0.717, 1.165) is 4.31 Å². The Labute approximate surface area is 197 Å². The van der Waals surface area contributed by atoms with E-state index in [0.29, 0.717) is 40.6 Å². The fourth-order valence-corrected chi connectivity index (χ4v) is 5.04. The van der Waals surface area contributed by atoms with Crippen molar-refractivity contribution in [3.8, 4) is 5.75 Å². The van der Waals surface area contributed by atoms with E-state index >= 15 is 0 Å². The average Bonchev–Trinajstić information content (AvgIpc) is 2.84. The molecule has 174 valence electrons. The van der Waals surface area contributed by atoms with Crippen molar-refractivity contribution in [3.05, 3.63) is 89.7 Å². The third-order valence-corrected chi connectivity index (χ3v) is 7.77. The molecule has 0 saturated carbocycles. The summed E-state index contributed by atoms with van der Waals surface area (Å²) >= 11 is 1.53. The summed E-state index contributed by atoms with van der Waals surface area (Å²) < 4.78 is 45.6. The van der Waals surface area contributed by atoms with Crippen LogP contribution in [-0.4, -0.2) is 40.8 Å². The number of hydrogen-bond donors (Lipinski definition) is 1. The summed E-state index contributed by atoms with van der Waals surface area (Å²) in [4.78, 5) is 12.5. The van der Waals surface area contributed by atoms with E-state index in [1.54, 1.807) is 54.6 Å². The SMILES string of the molecule is COc1ccc(S(=O)(=O)N(C)c2ccc(C(=O)NCCSCc3ccccc3F)cc2)cc1.